The average Bonchev–Trinajstić information content (AvgIpc) is 2.42. The van der Waals surface area contributed by atoms with E-state index in [1.165, 1.54) is 9.81 Å². The van der Waals surface area contributed by atoms with Gasteiger partial charge < -0.3 is 0 Å². The Labute approximate surface area is 143 Å². The van der Waals surface area contributed by atoms with E-state index in [2.05, 4.69) is 27.7 Å². The van der Waals surface area contributed by atoms with Crippen LogP contribution >= 0.6 is 44.8 Å². The van der Waals surface area contributed by atoms with Crippen LogP contribution in [0.2, 0.25) is 0 Å². The van der Waals surface area contributed by atoms with Crippen molar-refractivity contribution in [2.75, 3.05) is 0 Å². The molecule has 0 unspecified atom stereocenters. The average molecular weight is 355 g/mol. The van der Waals surface area contributed by atoms with Crippen LogP contribution in [0.15, 0.2) is 19.9 Å². The quantitative estimate of drug-likeness (QED) is 0.341. The molecule has 0 aromatic heterocycles. The number of allylic oxidation sites excluding steroid dienone is 4. The van der Waals surface area contributed by atoms with Gasteiger partial charge in [-0.25, -0.2) is 0 Å². The summed E-state index contributed by atoms with van der Waals surface area (Å²) in [6, 6.07) is 0. The van der Waals surface area contributed by atoms with E-state index in [0.29, 0.717) is 0 Å². The van der Waals surface area contributed by atoms with Gasteiger partial charge in [0.2, 0.25) is 0 Å². The first-order valence-electron chi connectivity index (χ1n) is 7.70. The van der Waals surface area contributed by atoms with Crippen LogP contribution < -0.4 is 0 Å². The van der Waals surface area contributed by atoms with Gasteiger partial charge in [-0.1, -0.05) is 98.2 Å². The van der Waals surface area contributed by atoms with E-state index < -0.39 is 0 Å². The summed E-state index contributed by atoms with van der Waals surface area (Å²) in [5.74, 6) is 0. The lowest BCUT2D eigenvalue weighted by Gasteiger charge is -2.12. The number of hydrogen-bond donors (Lipinski definition) is 0. The highest BCUT2D eigenvalue weighted by atomic mass is 35.5. The Balaban J connectivity index is 4.79. The lowest BCUT2D eigenvalue weighted by molar-refractivity contribution is 0.901. The fourth-order valence-corrected chi connectivity index (χ4v) is 5.66. The first kappa shape index (κ1) is 20.8. The zero-order valence-electron chi connectivity index (χ0n) is 13.2. The van der Waals surface area contributed by atoms with E-state index in [1.54, 1.807) is 0 Å². The van der Waals surface area contributed by atoms with E-state index >= 15 is 0 Å². The third kappa shape index (κ3) is 8.92. The largest absolute Gasteiger partial charge is 0.0883 e. The Hall–Kier alpha value is 0.760. The summed E-state index contributed by atoms with van der Waals surface area (Å²) in [7, 11) is 3.64. The van der Waals surface area contributed by atoms with Crippen molar-refractivity contribution in [2.24, 2.45) is 0 Å². The molecule has 0 aliphatic rings. The SMILES string of the molecule is CCC/C(Cl)=C(/CCC)SS/C(CCC)=C(/Cl)CCC. The zero-order chi connectivity index (χ0) is 15.4. The summed E-state index contributed by atoms with van der Waals surface area (Å²) in [4.78, 5) is 2.66. The molecule has 0 N–H and O–H groups in total. The summed E-state index contributed by atoms with van der Waals surface area (Å²) in [6.45, 7) is 8.75. The highest BCUT2D eigenvalue weighted by Crippen LogP contribution is 2.45. The topological polar surface area (TPSA) is 0 Å². The van der Waals surface area contributed by atoms with Crippen molar-refractivity contribution in [3.63, 3.8) is 0 Å². The summed E-state index contributed by atoms with van der Waals surface area (Å²) < 4.78 is 0. The van der Waals surface area contributed by atoms with Gasteiger partial charge in [0, 0.05) is 19.9 Å². The summed E-state index contributed by atoms with van der Waals surface area (Å²) in [5, 5.41) is 2.07. The van der Waals surface area contributed by atoms with Gasteiger partial charge in [-0.2, -0.15) is 0 Å². The van der Waals surface area contributed by atoms with Gasteiger partial charge in [-0.15, -0.1) is 0 Å². The van der Waals surface area contributed by atoms with E-state index in [1.807, 2.05) is 21.6 Å². The van der Waals surface area contributed by atoms with E-state index in [9.17, 15) is 0 Å². The molecule has 0 aliphatic heterocycles. The Kier molecular flexibility index (Phi) is 13.9. The second-order valence-electron chi connectivity index (χ2n) is 4.82. The molecule has 0 rings (SSSR count). The molecule has 0 saturated heterocycles. The van der Waals surface area contributed by atoms with Crippen molar-refractivity contribution in [1.29, 1.82) is 0 Å². The minimum Gasteiger partial charge on any atom is -0.0883 e. The highest BCUT2D eigenvalue weighted by Gasteiger charge is 2.10. The second-order valence-corrected chi connectivity index (χ2v) is 8.05. The number of rotatable bonds is 11. The first-order chi connectivity index (χ1) is 9.60. The standard InChI is InChI=1S/C16H28Cl2S2/c1-5-9-13(17)15(11-7-3)19-20-16(12-8-4)14(18)10-6-2/h5-12H2,1-4H3/b15-13+,16-14+. The first-order valence-corrected chi connectivity index (χ1v) is 10.6. The zero-order valence-corrected chi connectivity index (χ0v) is 16.4. The van der Waals surface area contributed by atoms with Crippen LogP contribution in [-0.2, 0) is 0 Å². The molecule has 4 heteroatoms. The van der Waals surface area contributed by atoms with Gasteiger partial charge in [0.15, 0.2) is 0 Å². The van der Waals surface area contributed by atoms with Crippen molar-refractivity contribution in [2.45, 2.75) is 79.1 Å². The molecule has 0 aliphatic carbocycles. The maximum Gasteiger partial charge on any atom is 0.0284 e. The highest BCUT2D eigenvalue weighted by molar-refractivity contribution is 8.79. The molecule has 0 bridgehead atoms. The van der Waals surface area contributed by atoms with Crippen molar-refractivity contribution in [1.82, 2.24) is 0 Å². The molecule has 20 heavy (non-hydrogen) atoms. The summed E-state index contributed by atoms with van der Waals surface area (Å²) in [5.41, 5.74) is 0. The molecule has 0 spiro atoms. The van der Waals surface area contributed by atoms with E-state index in [-0.39, 0.29) is 0 Å². The molecule has 0 aromatic rings. The third-order valence-electron chi connectivity index (χ3n) is 2.74. The molecular formula is C16H28Cl2S2. The Morgan fingerprint density at radius 1 is 0.600 bits per heavy atom. The van der Waals surface area contributed by atoms with Crippen LogP contribution in [0.5, 0.6) is 0 Å². The normalized spacial score (nSPS) is 14.1. The van der Waals surface area contributed by atoms with Crippen LogP contribution in [0.3, 0.4) is 0 Å². The van der Waals surface area contributed by atoms with Crippen molar-refractivity contribution in [3.05, 3.63) is 19.9 Å². The van der Waals surface area contributed by atoms with Gasteiger partial charge in [0.1, 0.15) is 0 Å². The van der Waals surface area contributed by atoms with Gasteiger partial charge in [0.05, 0.1) is 0 Å². The van der Waals surface area contributed by atoms with Gasteiger partial charge in [-0.05, 0) is 25.7 Å². The molecule has 0 atom stereocenters. The number of halogens is 2. The minimum absolute atomic E-state index is 0.986. The molecule has 0 nitrogen and oxygen atoms in total. The van der Waals surface area contributed by atoms with E-state index in [0.717, 1.165) is 61.4 Å². The molecule has 0 aromatic carbocycles. The monoisotopic (exact) mass is 354 g/mol. The molecule has 118 valence electrons. The molecule has 0 amide bonds. The van der Waals surface area contributed by atoms with Crippen LogP contribution in [0.25, 0.3) is 0 Å². The van der Waals surface area contributed by atoms with E-state index in [4.69, 9.17) is 23.2 Å². The van der Waals surface area contributed by atoms with Crippen LogP contribution in [0, 0.1) is 0 Å². The van der Waals surface area contributed by atoms with Gasteiger partial charge in [-0.3, -0.25) is 0 Å². The van der Waals surface area contributed by atoms with Crippen LogP contribution in [0.1, 0.15) is 79.1 Å². The lowest BCUT2D eigenvalue weighted by atomic mass is 10.2. The Morgan fingerprint density at radius 3 is 1.15 bits per heavy atom. The fourth-order valence-electron chi connectivity index (χ4n) is 1.72. The smallest absolute Gasteiger partial charge is 0.0284 e. The maximum atomic E-state index is 6.42. The predicted molar refractivity (Wildman–Crippen MR) is 101 cm³/mol. The van der Waals surface area contributed by atoms with Crippen LogP contribution in [0.4, 0.5) is 0 Å². The predicted octanol–water partition coefficient (Wildman–Crippen LogP) is 8.47. The molecular weight excluding hydrogens is 327 g/mol. The van der Waals surface area contributed by atoms with Crippen molar-refractivity contribution >= 4 is 44.8 Å². The second kappa shape index (κ2) is 13.4. The lowest BCUT2D eigenvalue weighted by Crippen LogP contribution is -1.85. The summed E-state index contributed by atoms with van der Waals surface area (Å²) >= 11 is 12.8. The Bertz CT molecular complexity index is 290. The van der Waals surface area contributed by atoms with Gasteiger partial charge >= 0.3 is 0 Å². The van der Waals surface area contributed by atoms with Crippen molar-refractivity contribution < 1.29 is 0 Å². The van der Waals surface area contributed by atoms with Gasteiger partial charge in [0.25, 0.3) is 0 Å². The molecule has 0 radical (unpaired) electrons. The maximum absolute atomic E-state index is 6.42. The van der Waals surface area contributed by atoms with Crippen molar-refractivity contribution in [3.8, 4) is 0 Å². The summed E-state index contributed by atoms with van der Waals surface area (Å²) in [6.07, 6.45) is 8.59. The fraction of sp³-hybridized carbons (Fsp3) is 0.750. The number of hydrogen-bond acceptors (Lipinski definition) is 2. The third-order valence-corrected chi connectivity index (χ3v) is 6.64. The molecule has 0 saturated carbocycles. The minimum atomic E-state index is 0.986. The Morgan fingerprint density at radius 2 is 0.900 bits per heavy atom. The molecule has 0 fully saturated rings. The molecule has 0 heterocycles. The van der Waals surface area contributed by atoms with Crippen LogP contribution in [-0.4, -0.2) is 0 Å².